The highest BCUT2D eigenvalue weighted by Gasteiger charge is 2.53. The molecule has 17 heavy (non-hydrogen) atoms. The molecular formula is C14H23NO2. The molecular weight excluding hydrogens is 214 g/mol. The lowest BCUT2D eigenvalue weighted by molar-refractivity contribution is -0.145. The van der Waals surface area contributed by atoms with Crippen molar-refractivity contribution in [2.24, 2.45) is 0 Å². The van der Waals surface area contributed by atoms with Crippen LogP contribution in [0, 0.1) is 0 Å². The molecule has 0 aromatic heterocycles. The van der Waals surface area contributed by atoms with Gasteiger partial charge in [-0.25, -0.2) is 0 Å². The zero-order valence-corrected chi connectivity index (χ0v) is 11.5. The molecule has 3 heteroatoms. The summed E-state index contributed by atoms with van der Waals surface area (Å²) < 4.78 is 6.00. The van der Waals surface area contributed by atoms with Crippen molar-refractivity contribution in [2.75, 3.05) is 0 Å². The molecule has 1 atom stereocenters. The number of ether oxygens (including phenoxy) is 1. The van der Waals surface area contributed by atoms with Gasteiger partial charge in [0.2, 0.25) is 0 Å². The number of carbonyl (C=O) groups excluding carboxylic acids is 1. The van der Waals surface area contributed by atoms with Gasteiger partial charge in [0.1, 0.15) is 5.72 Å². The highest BCUT2D eigenvalue weighted by Crippen LogP contribution is 2.41. The zero-order valence-electron chi connectivity index (χ0n) is 11.5. The molecule has 0 aliphatic carbocycles. The van der Waals surface area contributed by atoms with Crippen molar-refractivity contribution in [3.8, 4) is 0 Å². The van der Waals surface area contributed by atoms with E-state index in [0.717, 1.165) is 6.42 Å². The van der Waals surface area contributed by atoms with Gasteiger partial charge in [-0.3, -0.25) is 4.79 Å². The smallest absolute Gasteiger partial charge is 0.251 e. The van der Waals surface area contributed by atoms with Crippen LogP contribution in [0.25, 0.3) is 0 Å². The molecule has 1 amide bonds. The molecule has 1 rings (SSSR count). The first-order chi connectivity index (χ1) is 7.63. The van der Waals surface area contributed by atoms with E-state index in [-0.39, 0.29) is 17.6 Å². The molecule has 0 bridgehead atoms. The van der Waals surface area contributed by atoms with E-state index in [9.17, 15) is 4.79 Å². The molecule has 1 aliphatic heterocycles. The van der Waals surface area contributed by atoms with Crippen molar-refractivity contribution in [3.05, 3.63) is 24.8 Å². The van der Waals surface area contributed by atoms with Gasteiger partial charge in [-0.1, -0.05) is 12.7 Å². The Morgan fingerprint density at radius 3 is 2.35 bits per heavy atom. The van der Waals surface area contributed by atoms with Gasteiger partial charge in [-0.2, -0.15) is 0 Å². The Hall–Kier alpha value is -1.09. The van der Waals surface area contributed by atoms with Crippen LogP contribution in [0.2, 0.25) is 0 Å². The van der Waals surface area contributed by atoms with E-state index in [0.29, 0.717) is 5.57 Å². The summed E-state index contributed by atoms with van der Waals surface area (Å²) in [6.45, 7) is 17.1. The number of nitrogens with zero attached hydrogens (tertiary/aromatic N) is 1. The second kappa shape index (κ2) is 4.30. The van der Waals surface area contributed by atoms with Gasteiger partial charge < -0.3 is 9.64 Å². The summed E-state index contributed by atoms with van der Waals surface area (Å²) >= 11 is 0. The van der Waals surface area contributed by atoms with Gasteiger partial charge in [0.05, 0.1) is 11.6 Å². The van der Waals surface area contributed by atoms with E-state index < -0.39 is 5.72 Å². The van der Waals surface area contributed by atoms with E-state index in [1.807, 2.05) is 33.8 Å². The first-order valence-corrected chi connectivity index (χ1v) is 5.93. The zero-order chi connectivity index (χ0) is 13.4. The molecule has 0 saturated carbocycles. The van der Waals surface area contributed by atoms with E-state index in [4.69, 9.17) is 4.74 Å². The van der Waals surface area contributed by atoms with Crippen molar-refractivity contribution in [1.29, 1.82) is 0 Å². The molecule has 1 aliphatic rings. The van der Waals surface area contributed by atoms with Gasteiger partial charge in [-0.15, -0.1) is 6.58 Å². The predicted molar refractivity (Wildman–Crippen MR) is 69.5 cm³/mol. The third kappa shape index (κ3) is 2.44. The third-order valence-corrected chi connectivity index (χ3v) is 3.18. The molecule has 96 valence electrons. The first kappa shape index (κ1) is 14.0. The number of amides is 1. The number of carbonyl (C=O) groups is 1. The molecule has 1 heterocycles. The Kier molecular flexibility index (Phi) is 3.53. The number of rotatable bonds is 3. The van der Waals surface area contributed by atoms with Gasteiger partial charge in [0.15, 0.2) is 0 Å². The van der Waals surface area contributed by atoms with Crippen molar-refractivity contribution in [1.82, 2.24) is 4.90 Å². The maximum atomic E-state index is 12.2. The molecule has 0 N–H and O–H groups in total. The lowest BCUT2D eigenvalue weighted by Crippen LogP contribution is -2.49. The van der Waals surface area contributed by atoms with Crippen LogP contribution in [0.1, 0.15) is 41.0 Å². The van der Waals surface area contributed by atoms with Crippen LogP contribution >= 0.6 is 0 Å². The van der Waals surface area contributed by atoms with E-state index >= 15 is 0 Å². The molecule has 1 fully saturated rings. The van der Waals surface area contributed by atoms with Gasteiger partial charge >= 0.3 is 0 Å². The highest BCUT2D eigenvalue weighted by atomic mass is 16.6. The van der Waals surface area contributed by atoms with Gasteiger partial charge in [0, 0.05) is 5.57 Å². The minimum Gasteiger partial charge on any atom is -0.348 e. The number of hydrogen-bond acceptors (Lipinski definition) is 2. The minimum atomic E-state index is -0.604. The maximum absolute atomic E-state index is 12.2. The maximum Gasteiger partial charge on any atom is 0.251 e. The van der Waals surface area contributed by atoms with Crippen LogP contribution in [0.5, 0.6) is 0 Å². The Morgan fingerprint density at radius 2 is 1.94 bits per heavy atom. The molecule has 0 radical (unpaired) electrons. The first-order valence-electron chi connectivity index (χ1n) is 5.93. The van der Waals surface area contributed by atoms with Crippen LogP contribution in [0.4, 0.5) is 0 Å². The van der Waals surface area contributed by atoms with Crippen LogP contribution in [0.3, 0.4) is 0 Å². The van der Waals surface area contributed by atoms with Crippen molar-refractivity contribution < 1.29 is 9.53 Å². The summed E-state index contributed by atoms with van der Waals surface area (Å²) in [6, 6.07) is -0.000741. The van der Waals surface area contributed by atoms with E-state index in [1.54, 1.807) is 11.8 Å². The normalized spacial score (nSPS) is 25.7. The van der Waals surface area contributed by atoms with Crippen LogP contribution in [-0.2, 0) is 9.53 Å². The lowest BCUT2D eigenvalue weighted by atomic mass is 9.95. The fourth-order valence-electron chi connectivity index (χ4n) is 2.59. The summed E-state index contributed by atoms with van der Waals surface area (Å²) in [7, 11) is 0. The van der Waals surface area contributed by atoms with Crippen molar-refractivity contribution in [2.45, 2.75) is 58.4 Å². The second-order valence-corrected chi connectivity index (χ2v) is 5.65. The van der Waals surface area contributed by atoms with E-state index in [1.165, 1.54) is 0 Å². The van der Waals surface area contributed by atoms with Crippen molar-refractivity contribution >= 4 is 5.91 Å². The number of hydrogen-bond donors (Lipinski definition) is 0. The lowest BCUT2D eigenvalue weighted by Gasteiger charge is -2.34. The average molecular weight is 237 g/mol. The molecule has 3 nitrogen and oxygen atoms in total. The summed E-state index contributed by atoms with van der Waals surface area (Å²) in [4.78, 5) is 14.0. The quantitative estimate of drug-likeness (QED) is 0.558. The molecule has 0 spiro atoms. The Morgan fingerprint density at radius 1 is 1.41 bits per heavy atom. The molecule has 1 unspecified atom stereocenters. The molecule has 1 saturated heterocycles. The van der Waals surface area contributed by atoms with Gasteiger partial charge in [-0.05, 0) is 41.0 Å². The predicted octanol–water partition coefficient (Wildman–Crippen LogP) is 2.88. The van der Waals surface area contributed by atoms with Gasteiger partial charge in [0.25, 0.3) is 5.91 Å². The molecule has 0 aromatic rings. The van der Waals surface area contributed by atoms with Crippen LogP contribution < -0.4 is 0 Å². The largest absolute Gasteiger partial charge is 0.348 e. The average Bonchev–Trinajstić information content (AvgIpc) is 2.31. The summed E-state index contributed by atoms with van der Waals surface area (Å²) in [6.07, 6.45) is 2.55. The standard InChI is InChI=1S/C14H23NO2/c1-8-9-11-13(4,5)17-14(6,7)15(11)12(16)10(2)3/h8,11H,1-2,9H2,3-7H3. The SMILES string of the molecule is C=CCC1N(C(=O)C(=C)C)C(C)(C)OC1(C)C. The monoisotopic (exact) mass is 237 g/mol. The third-order valence-electron chi connectivity index (χ3n) is 3.18. The van der Waals surface area contributed by atoms with Crippen molar-refractivity contribution in [3.63, 3.8) is 0 Å². The fourth-order valence-corrected chi connectivity index (χ4v) is 2.59. The van der Waals surface area contributed by atoms with Crippen LogP contribution in [-0.4, -0.2) is 28.2 Å². The van der Waals surface area contributed by atoms with Crippen LogP contribution in [0.15, 0.2) is 24.8 Å². The Bertz CT molecular complexity index is 355. The second-order valence-electron chi connectivity index (χ2n) is 5.65. The Balaban J connectivity index is 3.16. The summed E-state index contributed by atoms with van der Waals surface area (Å²) in [5.41, 5.74) is -0.441. The Labute approximate surface area is 104 Å². The topological polar surface area (TPSA) is 29.5 Å². The fraction of sp³-hybridized carbons (Fsp3) is 0.643. The summed E-state index contributed by atoms with van der Waals surface area (Å²) in [5.74, 6) is -0.0487. The molecule has 0 aromatic carbocycles. The summed E-state index contributed by atoms with van der Waals surface area (Å²) in [5, 5.41) is 0. The highest BCUT2D eigenvalue weighted by molar-refractivity contribution is 5.93. The van der Waals surface area contributed by atoms with E-state index in [2.05, 4.69) is 13.2 Å². The minimum absolute atomic E-state index is 0.000741.